The Morgan fingerprint density at radius 3 is 2.55 bits per heavy atom. The molecule has 0 fully saturated rings. The number of hydrogen-bond donors (Lipinski definition) is 2. The number of carbonyl (C=O) groups excluding carboxylic acids is 1. The number of carboxylic acids is 1. The number of benzene rings is 1. The Balaban J connectivity index is 2.37. The average molecular weight is 291 g/mol. The number of hydrogen-bond acceptors (Lipinski definition) is 3. The maximum atomic E-state index is 12.4. The van der Waals surface area contributed by atoms with Crippen LogP contribution in [0.4, 0.5) is 0 Å². The third-order valence-electron chi connectivity index (χ3n) is 3.62. The predicted molar refractivity (Wildman–Crippen MR) is 80.4 cm³/mol. The van der Waals surface area contributed by atoms with Crippen LogP contribution in [0.2, 0.25) is 0 Å². The van der Waals surface area contributed by atoms with Crippen LogP contribution >= 0.6 is 11.3 Å². The predicted octanol–water partition coefficient (Wildman–Crippen LogP) is 3.19. The van der Waals surface area contributed by atoms with Crippen LogP contribution < -0.4 is 5.32 Å². The number of amides is 1. The Labute approximate surface area is 121 Å². The van der Waals surface area contributed by atoms with Crippen molar-refractivity contribution in [1.82, 2.24) is 5.32 Å². The molecule has 106 valence electrons. The van der Waals surface area contributed by atoms with Gasteiger partial charge in [-0.3, -0.25) is 4.79 Å². The van der Waals surface area contributed by atoms with Crippen molar-refractivity contribution in [2.75, 3.05) is 0 Å². The fourth-order valence-corrected chi connectivity index (χ4v) is 3.10. The van der Waals surface area contributed by atoms with E-state index in [1.807, 2.05) is 31.2 Å². The Morgan fingerprint density at radius 1 is 1.35 bits per heavy atom. The van der Waals surface area contributed by atoms with Crippen LogP contribution in [0.15, 0.2) is 24.3 Å². The second-order valence-corrected chi connectivity index (χ2v) is 6.05. The number of carboxylic acid groups (broad SMARTS) is 1. The van der Waals surface area contributed by atoms with E-state index in [4.69, 9.17) is 0 Å². The van der Waals surface area contributed by atoms with Crippen LogP contribution in [0.3, 0.4) is 0 Å². The molecule has 1 aromatic heterocycles. The summed E-state index contributed by atoms with van der Waals surface area (Å²) in [5.41, 5.74) is -0.341. The molecule has 0 bridgehead atoms. The van der Waals surface area contributed by atoms with Crippen molar-refractivity contribution in [3.05, 3.63) is 34.7 Å². The molecule has 0 saturated carbocycles. The Hall–Kier alpha value is -1.88. The van der Waals surface area contributed by atoms with Gasteiger partial charge in [-0.2, -0.15) is 0 Å². The van der Waals surface area contributed by atoms with Crippen molar-refractivity contribution >= 4 is 33.3 Å². The molecular weight excluding hydrogens is 274 g/mol. The van der Waals surface area contributed by atoms with E-state index in [-0.39, 0.29) is 5.91 Å². The molecule has 0 spiro atoms. The van der Waals surface area contributed by atoms with E-state index in [0.29, 0.717) is 11.3 Å². The van der Waals surface area contributed by atoms with Gasteiger partial charge >= 0.3 is 5.97 Å². The third kappa shape index (κ3) is 2.41. The molecule has 0 aliphatic heterocycles. The zero-order chi connectivity index (χ0) is 14.9. The Kier molecular flexibility index (Phi) is 3.81. The molecule has 1 unspecified atom stereocenters. The molecule has 0 saturated heterocycles. The molecule has 4 nitrogen and oxygen atoms in total. The lowest BCUT2D eigenvalue weighted by Gasteiger charge is -2.24. The highest BCUT2D eigenvalue weighted by atomic mass is 32.1. The van der Waals surface area contributed by atoms with Crippen LogP contribution in [0.25, 0.3) is 10.1 Å². The van der Waals surface area contributed by atoms with Gasteiger partial charge in [0, 0.05) is 4.70 Å². The lowest BCUT2D eigenvalue weighted by atomic mass is 9.99. The molecule has 20 heavy (non-hydrogen) atoms. The lowest BCUT2D eigenvalue weighted by molar-refractivity contribution is -0.143. The molecule has 0 radical (unpaired) electrons. The van der Waals surface area contributed by atoms with Crippen molar-refractivity contribution in [3.63, 3.8) is 0 Å². The zero-order valence-corrected chi connectivity index (χ0v) is 12.5. The van der Waals surface area contributed by atoms with Gasteiger partial charge in [0.15, 0.2) is 0 Å². The second-order valence-electron chi connectivity index (χ2n) is 5.00. The number of rotatable bonds is 4. The van der Waals surface area contributed by atoms with Gasteiger partial charge in [-0.05, 0) is 37.3 Å². The van der Waals surface area contributed by atoms with Gasteiger partial charge in [0.25, 0.3) is 5.91 Å². The van der Waals surface area contributed by atoms with Crippen LogP contribution in [0.5, 0.6) is 0 Å². The first-order valence-electron chi connectivity index (χ1n) is 6.43. The van der Waals surface area contributed by atoms with Gasteiger partial charge in [0.05, 0.1) is 4.88 Å². The van der Waals surface area contributed by atoms with Crippen LogP contribution in [0, 0.1) is 6.92 Å². The SMILES string of the molecule is CCC(C)(NC(=O)c1sc2ccccc2c1C)C(=O)O. The highest BCUT2D eigenvalue weighted by Gasteiger charge is 2.33. The van der Waals surface area contributed by atoms with Gasteiger partial charge in [0.1, 0.15) is 5.54 Å². The Morgan fingerprint density at radius 2 is 2.00 bits per heavy atom. The minimum absolute atomic E-state index is 0.324. The van der Waals surface area contributed by atoms with Crippen molar-refractivity contribution in [2.45, 2.75) is 32.7 Å². The number of carbonyl (C=O) groups is 2. The monoisotopic (exact) mass is 291 g/mol. The maximum absolute atomic E-state index is 12.4. The topological polar surface area (TPSA) is 66.4 Å². The van der Waals surface area contributed by atoms with E-state index < -0.39 is 11.5 Å². The molecule has 1 amide bonds. The van der Waals surface area contributed by atoms with E-state index in [2.05, 4.69) is 5.32 Å². The summed E-state index contributed by atoms with van der Waals surface area (Å²) in [4.78, 5) is 24.2. The summed E-state index contributed by atoms with van der Waals surface area (Å²) in [5.74, 6) is -1.34. The largest absolute Gasteiger partial charge is 0.480 e. The summed E-state index contributed by atoms with van der Waals surface area (Å²) in [7, 11) is 0. The van der Waals surface area contributed by atoms with Gasteiger partial charge in [0.2, 0.25) is 0 Å². The summed E-state index contributed by atoms with van der Waals surface area (Å²) in [6.07, 6.45) is 0.331. The highest BCUT2D eigenvalue weighted by molar-refractivity contribution is 7.21. The van der Waals surface area contributed by atoms with Crippen molar-refractivity contribution < 1.29 is 14.7 Å². The number of nitrogens with one attached hydrogen (secondary N) is 1. The minimum atomic E-state index is -1.24. The van der Waals surface area contributed by atoms with Gasteiger partial charge in [-0.1, -0.05) is 25.1 Å². The number of fused-ring (bicyclic) bond motifs is 1. The van der Waals surface area contributed by atoms with Gasteiger partial charge in [-0.25, -0.2) is 4.79 Å². The minimum Gasteiger partial charge on any atom is -0.480 e. The average Bonchev–Trinajstić information content (AvgIpc) is 2.76. The van der Waals surface area contributed by atoms with Crippen molar-refractivity contribution in [3.8, 4) is 0 Å². The van der Waals surface area contributed by atoms with E-state index >= 15 is 0 Å². The van der Waals surface area contributed by atoms with Crippen LogP contribution in [-0.4, -0.2) is 22.5 Å². The fraction of sp³-hybridized carbons (Fsp3) is 0.333. The number of aryl methyl sites for hydroxylation is 1. The lowest BCUT2D eigenvalue weighted by Crippen LogP contribution is -2.51. The Bertz CT molecular complexity index is 677. The van der Waals surface area contributed by atoms with Crippen LogP contribution in [0.1, 0.15) is 35.5 Å². The molecule has 5 heteroatoms. The summed E-state index contributed by atoms with van der Waals surface area (Å²) in [5, 5.41) is 12.9. The summed E-state index contributed by atoms with van der Waals surface area (Å²) < 4.78 is 1.03. The smallest absolute Gasteiger partial charge is 0.329 e. The van der Waals surface area contributed by atoms with E-state index in [1.165, 1.54) is 18.3 Å². The summed E-state index contributed by atoms with van der Waals surface area (Å²) in [6.45, 7) is 5.15. The third-order valence-corrected chi connectivity index (χ3v) is 4.89. The first kappa shape index (κ1) is 14.5. The van der Waals surface area contributed by atoms with Crippen LogP contribution in [-0.2, 0) is 4.79 Å². The second kappa shape index (κ2) is 5.25. The summed E-state index contributed by atoms with van der Waals surface area (Å²) >= 11 is 1.39. The molecule has 2 N–H and O–H groups in total. The molecule has 2 aromatic rings. The van der Waals surface area contributed by atoms with E-state index in [0.717, 1.165) is 15.6 Å². The van der Waals surface area contributed by atoms with E-state index in [9.17, 15) is 14.7 Å². The van der Waals surface area contributed by atoms with E-state index in [1.54, 1.807) is 6.92 Å². The number of aliphatic carboxylic acids is 1. The molecule has 2 rings (SSSR count). The highest BCUT2D eigenvalue weighted by Crippen LogP contribution is 2.30. The molecular formula is C15H17NO3S. The fourth-order valence-electron chi connectivity index (χ4n) is 1.99. The molecule has 1 heterocycles. The quantitative estimate of drug-likeness (QED) is 0.909. The molecule has 0 aliphatic rings. The summed E-state index contributed by atoms with van der Waals surface area (Å²) in [6, 6.07) is 7.78. The van der Waals surface area contributed by atoms with Crippen molar-refractivity contribution in [2.24, 2.45) is 0 Å². The van der Waals surface area contributed by atoms with Crippen molar-refractivity contribution in [1.29, 1.82) is 0 Å². The molecule has 1 aromatic carbocycles. The normalized spacial score (nSPS) is 13.9. The number of thiophene rings is 1. The molecule has 1 atom stereocenters. The standard InChI is InChI=1S/C15H17NO3S/c1-4-15(3,14(18)19)16-13(17)12-9(2)10-7-5-6-8-11(10)20-12/h5-8H,4H2,1-3H3,(H,16,17)(H,18,19). The first-order chi connectivity index (χ1) is 9.39. The maximum Gasteiger partial charge on any atom is 0.329 e. The van der Waals surface area contributed by atoms with Gasteiger partial charge < -0.3 is 10.4 Å². The zero-order valence-electron chi connectivity index (χ0n) is 11.7. The first-order valence-corrected chi connectivity index (χ1v) is 7.24. The molecule has 0 aliphatic carbocycles. The van der Waals surface area contributed by atoms with Gasteiger partial charge in [-0.15, -0.1) is 11.3 Å².